The predicted octanol–water partition coefficient (Wildman–Crippen LogP) is 1.75. The number of aliphatic carboxylic acids is 2. The third-order valence-corrected chi connectivity index (χ3v) is 10.9. The molecule has 0 bridgehead atoms. The highest BCUT2D eigenvalue weighted by Gasteiger charge is 2.46. The third-order valence-electron chi connectivity index (χ3n) is 10.9. The van der Waals surface area contributed by atoms with Gasteiger partial charge in [0.15, 0.2) is 0 Å². The lowest BCUT2D eigenvalue weighted by molar-refractivity contribution is -0.277. The van der Waals surface area contributed by atoms with Crippen molar-refractivity contribution >= 4 is 11.9 Å². The zero-order valence-corrected chi connectivity index (χ0v) is 33.6. The topological polar surface area (TPSA) is 273 Å². The number of allylic oxidation sites excluding steroid dienone is 2. The molecule has 4 aromatic carbocycles. The Morgan fingerprint density at radius 1 is 0.532 bits per heavy atom. The van der Waals surface area contributed by atoms with Crippen LogP contribution < -0.4 is 9.47 Å². The standard InChI is InChI=1S/C46H52O16/c47-23-35-39(53)41(55)43(57)45(61-35)59-33-16-14-25(19-31(33)28-12-7-10-27(18-28)21-37(49)50)8-3-1-2-4-9-26-15-17-34(60-46-44(58)42(56)40(54)36(24-48)62-46)32(20-26)30-13-6-5-11-29(30)22-38(51)52/h1-2,5-7,10-20,35-36,39-48,53-58H,3-4,8-9,21-24H2,(H,49,50)(H,51,52)/b2-1+. The van der Waals surface area contributed by atoms with Gasteiger partial charge >= 0.3 is 11.9 Å². The first-order chi connectivity index (χ1) is 29.8. The summed E-state index contributed by atoms with van der Waals surface area (Å²) < 4.78 is 23.3. The van der Waals surface area contributed by atoms with Crippen LogP contribution >= 0.6 is 0 Å². The fourth-order valence-corrected chi connectivity index (χ4v) is 7.55. The van der Waals surface area contributed by atoms with Gasteiger partial charge in [0.25, 0.3) is 0 Å². The first-order valence-corrected chi connectivity index (χ1v) is 20.2. The number of ether oxygens (including phenoxy) is 4. The molecule has 4 aromatic rings. The minimum Gasteiger partial charge on any atom is -0.481 e. The monoisotopic (exact) mass is 860 g/mol. The highest BCUT2D eigenvalue weighted by Crippen LogP contribution is 2.37. The van der Waals surface area contributed by atoms with Gasteiger partial charge in [-0.1, -0.05) is 72.8 Å². The van der Waals surface area contributed by atoms with Crippen molar-refractivity contribution in [2.75, 3.05) is 13.2 Å². The van der Waals surface area contributed by atoms with Crippen LogP contribution in [0.3, 0.4) is 0 Å². The normalized spacial score (nSPS) is 26.3. The second-order valence-electron chi connectivity index (χ2n) is 15.3. The maximum absolute atomic E-state index is 11.8. The maximum Gasteiger partial charge on any atom is 0.307 e. The molecule has 0 aromatic heterocycles. The largest absolute Gasteiger partial charge is 0.481 e. The van der Waals surface area contributed by atoms with E-state index in [1.54, 1.807) is 60.7 Å². The Kier molecular flexibility index (Phi) is 15.8. The van der Waals surface area contributed by atoms with Crippen LogP contribution in [0.15, 0.2) is 97.1 Å². The molecule has 2 saturated heterocycles. The van der Waals surface area contributed by atoms with E-state index in [0.717, 1.165) is 11.1 Å². The molecule has 62 heavy (non-hydrogen) atoms. The van der Waals surface area contributed by atoms with E-state index in [9.17, 15) is 60.7 Å². The number of rotatable bonds is 18. The fourth-order valence-electron chi connectivity index (χ4n) is 7.55. The first-order valence-electron chi connectivity index (χ1n) is 20.2. The third kappa shape index (κ3) is 11.2. The summed E-state index contributed by atoms with van der Waals surface area (Å²) >= 11 is 0. The summed E-state index contributed by atoms with van der Waals surface area (Å²) in [5.74, 6) is -1.55. The Balaban J connectivity index is 1.17. The summed E-state index contributed by atoms with van der Waals surface area (Å²) in [5, 5.41) is 101. The molecule has 0 amide bonds. The van der Waals surface area contributed by atoms with Crippen molar-refractivity contribution in [3.63, 3.8) is 0 Å². The van der Waals surface area contributed by atoms with Crippen LogP contribution in [0.25, 0.3) is 22.3 Å². The van der Waals surface area contributed by atoms with Crippen LogP contribution in [0.5, 0.6) is 11.5 Å². The summed E-state index contributed by atoms with van der Waals surface area (Å²) in [4.78, 5) is 23.2. The van der Waals surface area contributed by atoms with Crippen LogP contribution in [-0.4, -0.2) is 138 Å². The predicted molar refractivity (Wildman–Crippen MR) is 221 cm³/mol. The quantitative estimate of drug-likeness (QED) is 0.0639. The van der Waals surface area contributed by atoms with Crippen LogP contribution in [-0.2, 0) is 44.7 Å². The van der Waals surface area contributed by atoms with Gasteiger partial charge in [0.1, 0.15) is 60.3 Å². The zero-order chi connectivity index (χ0) is 44.5. The number of carboxylic acids is 2. The van der Waals surface area contributed by atoms with E-state index < -0.39 is 86.6 Å². The first kappa shape index (κ1) is 46.3. The Hall–Kier alpha value is -5.24. The van der Waals surface area contributed by atoms with E-state index in [1.165, 1.54) is 0 Å². The van der Waals surface area contributed by atoms with E-state index in [-0.39, 0.29) is 24.3 Å². The number of hydrogen-bond acceptors (Lipinski definition) is 14. The van der Waals surface area contributed by atoms with Crippen molar-refractivity contribution < 1.29 is 79.6 Å². The molecule has 16 nitrogen and oxygen atoms in total. The molecule has 0 saturated carbocycles. The van der Waals surface area contributed by atoms with Gasteiger partial charge in [-0.25, -0.2) is 0 Å². The Labute approximate surface area is 357 Å². The molecule has 2 heterocycles. The average Bonchev–Trinajstić information content (AvgIpc) is 3.25. The summed E-state index contributed by atoms with van der Waals surface area (Å²) in [6.45, 7) is -1.26. The highest BCUT2D eigenvalue weighted by atomic mass is 16.7. The molecule has 0 aliphatic carbocycles. The fraction of sp³-hybridized carbons (Fsp3) is 0.391. The van der Waals surface area contributed by atoms with Gasteiger partial charge in [-0.3, -0.25) is 9.59 Å². The molecule has 0 spiro atoms. The van der Waals surface area contributed by atoms with Gasteiger partial charge in [0.2, 0.25) is 12.6 Å². The van der Waals surface area contributed by atoms with E-state index >= 15 is 0 Å². The number of aryl methyl sites for hydroxylation is 2. The Morgan fingerprint density at radius 3 is 1.58 bits per heavy atom. The minimum atomic E-state index is -1.65. The molecule has 16 heteroatoms. The average molecular weight is 861 g/mol. The van der Waals surface area contributed by atoms with Crippen molar-refractivity contribution in [1.82, 2.24) is 0 Å². The highest BCUT2D eigenvalue weighted by molar-refractivity contribution is 5.79. The zero-order valence-electron chi connectivity index (χ0n) is 33.6. The lowest BCUT2D eigenvalue weighted by Crippen LogP contribution is -2.60. The molecule has 2 aliphatic heterocycles. The molecule has 10 unspecified atom stereocenters. The number of aliphatic hydroxyl groups excluding tert-OH is 8. The smallest absolute Gasteiger partial charge is 0.307 e. The summed E-state index contributed by atoms with van der Waals surface area (Å²) in [7, 11) is 0. The van der Waals surface area contributed by atoms with Crippen molar-refractivity contribution in [3.8, 4) is 33.8 Å². The number of carbonyl (C=O) groups is 2. The van der Waals surface area contributed by atoms with Crippen LogP contribution in [0.2, 0.25) is 0 Å². The molecule has 332 valence electrons. The van der Waals surface area contributed by atoms with Gasteiger partial charge in [-0.15, -0.1) is 0 Å². The molecule has 2 aliphatic rings. The van der Waals surface area contributed by atoms with Crippen LogP contribution in [0, 0.1) is 0 Å². The summed E-state index contributed by atoms with van der Waals surface area (Å²) in [6, 6.07) is 24.6. The van der Waals surface area contributed by atoms with Gasteiger partial charge in [-0.05, 0) is 83.3 Å². The van der Waals surface area contributed by atoms with Crippen molar-refractivity contribution in [3.05, 3.63) is 119 Å². The van der Waals surface area contributed by atoms with Gasteiger partial charge in [0.05, 0.1) is 26.1 Å². The minimum absolute atomic E-state index is 0.208. The van der Waals surface area contributed by atoms with Gasteiger partial charge in [0, 0.05) is 11.1 Å². The molecular weight excluding hydrogens is 808 g/mol. The second-order valence-corrected chi connectivity index (χ2v) is 15.3. The van der Waals surface area contributed by atoms with E-state index in [0.29, 0.717) is 59.1 Å². The number of benzene rings is 4. The van der Waals surface area contributed by atoms with E-state index in [2.05, 4.69) is 0 Å². The summed E-state index contributed by atoms with van der Waals surface area (Å²) in [6.07, 6.45) is -8.87. The second kappa shape index (κ2) is 21.2. The summed E-state index contributed by atoms with van der Waals surface area (Å²) in [5.41, 5.74) is 5.16. The molecule has 6 rings (SSSR count). The van der Waals surface area contributed by atoms with Crippen LogP contribution in [0.4, 0.5) is 0 Å². The molecule has 2 fully saturated rings. The molecule has 0 radical (unpaired) electrons. The Bertz CT molecular complexity index is 2170. The lowest BCUT2D eigenvalue weighted by atomic mass is 9.94. The number of aliphatic hydroxyl groups is 8. The SMILES string of the molecule is O=C(O)Cc1cccc(-c2cc(CC/C=C/CCc3ccc(OC4OC(CO)C(O)C(O)C4O)c(-c4ccccc4CC(=O)O)c3)ccc2OC2OC(CO)C(O)C(O)C2O)c1. The van der Waals surface area contributed by atoms with Gasteiger partial charge in [-0.2, -0.15) is 0 Å². The Morgan fingerprint density at radius 2 is 1.05 bits per heavy atom. The molecule has 10 N–H and O–H groups in total. The van der Waals surface area contributed by atoms with Crippen molar-refractivity contribution in [2.24, 2.45) is 0 Å². The molecular formula is C46H52O16. The van der Waals surface area contributed by atoms with E-state index in [1.807, 2.05) is 36.4 Å². The lowest BCUT2D eigenvalue weighted by Gasteiger charge is -2.39. The van der Waals surface area contributed by atoms with Gasteiger partial charge < -0.3 is 70.0 Å². The maximum atomic E-state index is 11.8. The number of carboxylic acid groups (broad SMARTS) is 2. The molecule has 10 atom stereocenters. The van der Waals surface area contributed by atoms with Crippen molar-refractivity contribution in [1.29, 1.82) is 0 Å². The van der Waals surface area contributed by atoms with E-state index in [4.69, 9.17) is 18.9 Å². The van der Waals surface area contributed by atoms with Crippen molar-refractivity contribution in [2.45, 2.75) is 99.9 Å². The number of hydrogen-bond donors (Lipinski definition) is 10. The van der Waals surface area contributed by atoms with Crippen LogP contribution in [0.1, 0.15) is 35.1 Å².